The Bertz CT molecular complexity index is 425. The summed E-state index contributed by atoms with van der Waals surface area (Å²) in [6.07, 6.45) is 0. The fraction of sp³-hybridized carbons (Fsp3) is 0.364. The Morgan fingerprint density at radius 1 is 1.69 bits per heavy atom. The number of carbonyl (C=O) groups is 1. The number of aliphatic carboxylic acids is 1. The van der Waals surface area contributed by atoms with Crippen LogP contribution in [0.4, 0.5) is 5.82 Å². The number of hydrogen-bond donors (Lipinski definition) is 1. The normalized spacial score (nSPS) is 11.6. The van der Waals surface area contributed by atoms with E-state index in [2.05, 4.69) is 4.98 Å². The fourth-order valence-electron chi connectivity index (χ4n) is 1.28. The zero-order valence-corrected chi connectivity index (χ0v) is 9.21. The topological polar surface area (TPSA) is 77.2 Å². The highest BCUT2D eigenvalue weighted by Gasteiger charge is 2.14. The van der Waals surface area contributed by atoms with Crippen molar-refractivity contribution in [3.05, 3.63) is 23.9 Å². The maximum atomic E-state index is 10.7. The van der Waals surface area contributed by atoms with Crippen LogP contribution in [0.5, 0.6) is 0 Å². The number of carboxylic acid groups (broad SMARTS) is 1. The second kappa shape index (κ2) is 5.12. The SMILES string of the molecule is CC(CN(C)c1cccc(C#N)n1)C(=O)O. The lowest BCUT2D eigenvalue weighted by molar-refractivity contribution is -0.140. The lowest BCUT2D eigenvalue weighted by Crippen LogP contribution is -2.29. The molecule has 1 unspecified atom stereocenters. The van der Waals surface area contributed by atoms with Gasteiger partial charge in [0.05, 0.1) is 5.92 Å². The van der Waals surface area contributed by atoms with E-state index in [1.54, 1.807) is 37.1 Å². The third-order valence-electron chi connectivity index (χ3n) is 2.21. The molecule has 1 aromatic heterocycles. The summed E-state index contributed by atoms with van der Waals surface area (Å²) in [4.78, 5) is 16.5. The van der Waals surface area contributed by atoms with Gasteiger partial charge < -0.3 is 10.0 Å². The van der Waals surface area contributed by atoms with Crippen LogP contribution in [0.25, 0.3) is 0 Å². The number of nitrogens with zero attached hydrogens (tertiary/aromatic N) is 3. The van der Waals surface area contributed by atoms with E-state index in [9.17, 15) is 4.79 Å². The van der Waals surface area contributed by atoms with Gasteiger partial charge in [0.2, 0.25) is 0 Å². The van der Waals surface area contributed by atoms with Crippen molar-refractivity contribution in [2.45, 2.75) is 6.92 Å². The Kier molecular flexibility index (Phi) is 3.84. The Hall–Kier alpha value is -2.09. The van der Waals surface area contributed by atoms with Crippen molar-refractivity contribution in [3.8, 4) is 6.07 Å². The van der Waals surface area contributed by atoms with Crippen LogP contribution >= 0.6 is 0 Å². The first kappa shape index (κ1) is 12.0. The van der Waals surface area contributed by atoms with Crippen LogP contribution in [0.1, 0.15) is 12.6 Å². The molecule has 1 N–H and O–H groups in total. The van der Waals surface area contributed by atoms with Crippen LogP contribution in [0.15, 0.2) is 18.2 Å². The van der Waals surface area contributed by atoms with E-state index >= 15 is 0 Å². The van der Waals surface area contributed by atoms with Crippen molar-refractivity contribution in [2.75, 3.05) is 18.5 Å². The monoisotopic (exact) mass is 219 g/mol. The minimum absolute atomic E-state index is 0.326. The zero-order chi connectivity index (χ0) is 12.1. The van der Waals surface area contributed by atoms with Crippen LogP contribution < -0.4 is 4.90 Å². The molecule has 0 saturated heterocycles. The van der Waals surface area contributed by atoms with Crippen molar-refractivity contribution in [1.82, 2.24) is 4.98 Å². The molecule has 0 radical (unpaired) electrons. The number of anilines is 1. The first-order chi connectivity index (χ1) is 7.54. The lowest BCUT2D eigenvalue weighted by atomic mass is 10.2. The Morgan fingerprint density at radius 3 is 2.94 bits per heavy atom. The molecule has 0 aliphatic carbocycles. The van der Waals surface area contributed by atoms with E-state index in [0.717, 1.165) is 0 Å². The molecule has 0 aliphatic heterocycles. The quantitative estimate of drug-likeness (QED) is 0.820. The molecule has 0 bridgehead atoms. The zero-order valence-electron chi connectivity index (χ0n) is 9.21. The highest BCUT2D eigenvalue weighted by Crippen LogP contribution is 2.11. The first-order valence-corrected chi connectivity index (χ1v) is 4.85. The smallest absolute Gasteiger partial charge is 0.308 e. The number of hydrogen-bond acceptors (Lipinski definition) is 4. The average Bonchev–Trinajstić information content (AvgIpc) is 2.28. The van der Waals surface area contributed by atoms with E-state index in [-0.39, 0.29) is 0 Å². The van der Waals surface area contributed by atoms with E-state index < -0.39 is 11.9 Å². The third kappa shape index (κ3) is 2.95. The second-order valence-electron chi connectivity index (χ2n) is 3.61. The number of aromatic nitrogens is 1. The third-order valence-corrected chi connectivity index (χ3v) is 2.21. The van der Waals surface area contributed by atoms with Crippen LogP contribution in [-0.4, -0.2) is 29.7 Å². The van der Waals surface area contributed by atoms with Gasteiger partial charge >= 0.3 is 5.97 Å². The summed E-state index contributed by atoms with van der Waals surface area (Å²) in [7, 11) is 1.75. The molecule has 1 atom stereocenters. The van der Waals surface area contributed by atoms with Gasteiger partial charge in [0.15, 0.2) is 0 Å². The molecule has 0 fully saturated rings. The first-order valence-electron chi connectivity index (χ1n) is 4.85. The maximum Gasteiger partial charge on any atom is 0.308 e. The molecule has 5 heteroatoms. The number of rotatable bonds is 4. The van der Waals surface area contributed by atoms with E-state index in [1.807, 2.05) is 6.07 Å². The standard InChI is InChI=1S/C11H13N3O2/c1-8(11(15)16)7-14(2)10-5-3-4-9(6-12)13-10/h3-5,8H,7H2,1-2H3,(H,15,16). The van der Waals surface area contributed by atoms with Crippen LogP contribution in [0.3, 0.4) is 0 Å². The molecule has 84 valence electrons. The van der Waals surface area contributed by atoms with Crippen molar-refractivity contribution >= 4 is 11.8 Å². The van der Waals surface area contributed by atoms with Gasteiger partial charge in [-0.15, -0.1) is 0 Å². The van der Waals surface area contributed by atoms with Gasteiger partial charge in [0.1, 0.15) is 17.6 Å². The molecular formula is C11H13N3O2. The van der Waals surface area contributed by atoms with Gasteiger partial charge in [-0.05, 0) is 12.1 Å². The van der Waals surface area contributed by atoms with Gasteiger partial charge in [0, 0.05) is 13.6 Å². The van der Waals surface area contributed by atoms with Crippen molar-refractivity contribution in [1.29, 1.82) is 5.26 Å². The molecular weight excluding hydrogens is 206 g/mol. The maximum absolute atomic E-state index is 10.7. The van der Waals surface area contributed by atoms with Crippen LogP contribution in [0, 0.1) is 17.2 Å². The molecule has 1 aromatic rings. The summed E-state index contributed by atoms with van der Waals surface area (Å²) in [6.45, 7) is 1.99. The fourth-order valence-corrected chi connectivity index (χ4v) is 1.28. The van der Waals surface area contributed by atoms with Crippen LogP contribution in [-0.2, 0) is 4.79 Å². The molecule has 16 heavy (non-hydrogen) atoms. The Labute approximate surface area is 93.9 Å². The summed E-state index contributed by atoms with van der Waals surface area (Å²) in [5.74, 6) is -0.715. The summed E-state index contributed by atoms with van der Waals surface area (Å²) in [5, 5.41) is 17.5. The van der Waals surface area contributed by atoms with Gasteiger partial charge in [0.25, 0.3) is 0 Å². The van der Waals surface area contributed by atoms with E-state index in [0.29, 0.717) is 18.1 Å². The van der Waals surface area contributed by atoms with Gasteiger partial charge in [-0.2, -0.15) is 5.26 Å². The van der Waals surface area contributed by atoms with Crippen molar-refractivity contribution < 1.29 is 9.90 Å². The molecule has 0 aliphatic rings. The van der Waals surface area contributed by atoms with Gasteiger partial charge in [-0.1, -0.05) is 13.0 Å². The summed E-state index contributed by atoms with van der Waals surface area (Å²) in [5.41, 5.74) is 0.326. The van der Waals surface area contributed by atoms with Crippen LogP contribution in [0.2, 0.25) is 0 Å². The molecule has 0 spiro atoms. The predicted molar refractivity (Wildman–Crippen MR) is 59.0 cm³/mol. The molecule has 0 saturated carbocycles. The summed E-state index contributed by atoms with van der Waals surface area (Å²) >= 11 is 0. The molecule has 5 nitrogen and oxygen atoms in total. The highest BCUT2D eigenvalue weighted by atomic mass is 16.4. The lowest BCUT2D eigenvalue weighted by Gasteiger charge is -2.20. The Morgan fingerprint density at radius 2 is 2.38 bits per heavy atom. The molecule has 1 heterocycles. The minimum atomic E-state index is -0.844. The minimum Gasteiger partial charge on any atom is -0.481 e. The molecule has 0 amide bonds. The summed E-state index contributed by atoms with van der Waals surface area (Å²) < 4.78 is 0. The van der Waals surface area contributed by atoms with Gasteiger partial charge in [-0.3, -0.25) is 4.79 Å². The highest BCUT2D eigenvalue weighted by molar-refractivity contribution is 5.70. The molecule has 0 aromatic carbocycles. The predicted octanol–water partition coefficient (Wildman–Crippen LogP) is 1.11. The Balaban J connectivity index is 2.77. The molecule has 1 rings (SSSR count). The average molecular weight is 219 g/mol. The van der Waals surface area contributed by atoms with Crippen molar-refractivity contribution in [2.24, 2.45) is 5.92 Å². The number of carboxylic acids is 1. The van der Waals surface area contributed by atoms with Gasteiger partial charge in [-0.25, -0.2) is 4.98 Å². The largest absolute Gasteiger partial charge is 0.481 e. The van der Waals surface area contributed by atoms with E-state index in [1.165, 1.54) is 0 Å². The number of nitriles is 1. The number of pyridine rings is 1. The second-order valence-corrected chi connectivity index (χ2v) is 3.61. The van der Waals surface area contributed by atoms with Crippen molar-refractivity contribution in [3.63, 3.8) is 0 Å². The van der Waals surface area contributed by atoms with E-state index in [4.69, 9.17) is 10.4 Å². The summed E-state index contributed by atoms with van der Waals surface area (Å²) in [6, 6.07) is 7.02.